The topological polar surface area (TPSA) is 51.8 Å². The maximum atomic E-state index is 13.5. The first-order chi connectivity index (χ1) is 8.08. The van der Waals surface area contributed by atoms with Gasteiger partial charge < -0.3 is 5.73 Å². The van der Waals surface area contributed by atoms with E-state index in [-0.39, 0.29) is 12.2 Å². The fourth-order valence-electron chi connectivity index (χ4n) is 1.36. The van der Waals surface area contributed by atoms with Crippen molar-refractivity contribution in [1.82, 2.24) is 9.97 Å². The zero-order valence-corrected chi connectivity index (χ0v) is 11.5. The molecule has 0 atom stereocenters. The van der Waals surface area contributed by atoms with Crippen LogP contribution in [-0.4, -0.2) is 9.97 Å². The molecule has 3 nitrogen and oxygen atoms in total. The Labute approximate surface area is 116 Å². The highest BCUT2D eigenvalue weighted by Crippen LogP contribution is 2.21. The maximum absolute atomic E-state index is 13.5. The molecule has 1 aromatic heterocycles. The van der Waals surface area contributed by atoms with Gasteiger partial charge in [0.1, 0.15) is 17.5 Å². The van der Waals surface area contributed by atoms with Crippen molar-refractivity contribution < 1.29 is 4.39 Å². The van der Waals surface area contributed by atoms with Crippen LogP contribution in [0.3, 0.4) is 0 Å². The van der Waals surface area contributed by atoms with E-state index in [0.717, 1.165) is 3.57 Å². The Bertz CT molecular complexity index is 542. The third-order valence-electron chi connectivity index (χ3n) is 2.22. The van der Waals surface area contributed by atoms with Gasteiger partial charge in [0.2, 0.25) is 0 Å². The van der Waals surface area contributed by atoms with Gasteiger partial charge in [-0.1, -0.05) is 17.7 Å². The van der Waals surface area contributed by atoms with E-state index in [0.29, 0.717) is 22.2 Å². The van der Waals surface area contributed by atoms with E-state index in [2.05, 4.69) is 9.97 Å². The summed E-state index contributed by atoms with van der Waals surface area (Å²) in [5, 5.41) is 0.366. The summed E-state index contributed by atoms with van der Waals surface area (Å²) in [6.07, 6.45) is 1.83. The molecule has 0 amide bonds. The normalized spacial score (nSPS) is 10.5. The first-order valence-electron chi connectivity index (χ1n) is 4.77. The lowest BCUT2D eigenvalue weighted by Crippen LogP contribution is -2.03. The Kier molecular flexibility index (Phi) is 3.78. The average molecular weight is 364 g/mol. The van der Waals surface area contributed by atoms with E-state index in [1.165, 1.54) is 6.07 Å². The predicted octanol–water partition coefficient (Wildman–Crippen LogP) is 3.05. The summed E-state index contributed by atoms with van der Waals surface area (Å²) in [7, 11) is 0. The van der Waals surface area contributed by atoms with Gasteiger partial charge >= 0.3 is 0 Å². The number of nitrogen functional groups attached to an aromatic ring is 1. The minimum Gasteiger partial charge on any atom is -0.383 e. The standard InChI is InChI=1S/C11H8ClFIN3/c12-7-2-1-3-8(13)6(7)4-10-16-5-9(14)11(15)17-10/h1-3,5H,4H2,(H2,15,16,17). The fourth-order valence-corrected chi connectivity index (χ4v) is 1.85. The number of rotatable bonds is 2. The van der Waals surface area contributed by atoms with Gasteiger partial charge in [0.15, 0.2) is 0 Å². The summed E-state index contributed by atoms with van der Waals surface area (Å²) in [6, 6.07) is 4.55. The lowest BCUT2D eigenvalue weighted by Gasteiger charge is -2.05. The lowest BCUT2D eigenvalue weighted by molar-refractivity contribution is 0.612. The second-order valence-electron chi connectivity index (χ2n) is 3.40. The number of nitrogens with zero attached hydrogens (tertiary/aromatic N) is 2. The lowest BCUT2D eigenvalue weighted by atomic mass is 10.1. The average Bonchev–Trinajstić information content (AvgIpc) is 2.28. The zero-order chi connectivity index (χ0) is 12.4. The molecular weight excluding hydrogens is 355 g/mol. The first-order valence-corrected chi connectivity index (χ1v) is 6.23. The van der Waals surface area contributed by atoms with Gasteiger partial charge in [-0.25, -0.2) is 14.4 Å². The summed E-state index contributed by atoms with van der Waals surface area (Å²) in [6.45, 7) is 0. The molecule has 0 aliphatic rings. The molecule has 17 heavy (non-hydrogen) atoms. The second-order valence-corrected chi connectivity index (χ2v) is 4.97. The predicted molar refractivity (Wildman–Crippen MR) is 73.4 cm³/mol. The minimum absolute atomic E-state index is 0.229. The number of nitrogens with two attached hydrogens (primary N) is 1. The molecule has 88 valence electrons. The minimum atomic E-state index is -0.363. The molecule has 1 heterocycles. The Morgan fingerprint density at radius 2 is 2.18 bits per heavy atom. The van der Waals surface area contributed by atoms with Crippen molar-refractivity contribution in [3.8, 4) is 0 Å². The molecule has 0 saturated heterocycles. The third kappa shape index (κ3) is 2.84. The van der Waals surface area contributed by atoms with Crippen molar-refractivity contribution in [3.63, 3.8) is 0 Å². The monoisotopic (exact) mass is 363 g/mol. The van der Waals surface area contributed by atoms with Crippen molar-refractivity contribution in [2.24, 2.45) is 0 Å². The van der Waals surface area contributed by atoms with Crippen LogP contribution in [0.25, 0.3) is 0 Å². The Morgan fingerprint density at radius 3 is 2.82 bits per heavy atom. The quantitative estimate of drug-likeness (QED) is 0.835. The zero-order valence-electron chi connectivity index (χ0n) is 8.62. The van der Waals surface area contributed by atoms with Crippen LogP contribution in [0.2, 0.25) is 5.02 Å². The van der Waals surface area contributed by atoms with Crippen LogP contribution >= 0.6 is 34.2 Å². The van der Waals surface area contributed by atoms with E-state index in [4.69, 9.17) is 17.3 Å². The number of aromatic nitrogens is 2. The molecule has 2 aromatic rings. The van der Waals surface area contributed by atoms with Crippen molar-refractivity contribution in [2.45, 2.75) is 6.42 Å². The molecule has 0 bridgehead atoms. The van der Waals surface area contributed by atoms with Crippen LogP contribution in [0.1, 0.15) is 11.4 Å². The van der Waals surface area contributed by atoms with Crippen LogP contribution in [0.15, 0.2) is 24.4 Å². The van der Waals surface area contributed by atoms with E-state index < -0.39 is 0 Å². The molecule has 2 rings (SSSR count). The summed E-state index contributed by atoms with van der Waals surface area (Å²) in [5.74, 6) is 0.483. The fraction of sp³-hybridized carbons (Fsp3) is 0.0909. The van der Waals surface area contributed by atoms with Gasteiger partial charge in [-0.3, -0.25) is 0 Å². The summed E-state index contributed by atoms with van der Waals surface area (Å²) >= 11 is 7.96. The molecule has 0 fully saturated rings. The van der Waals surface area contributed by atoms with Gasteiger partial charge in [0, 0.05) is 23.2 Å². The van der Waals surface area contributed by atoms with Crippen LogP contribution in [0, 0.1) is 9.39 Å². The molecule has 2 N–H and O–H groups in total. The Hall–Kier alpha value is -0.950. The molecule has 0 saturated carbocycles. The molecule has 0 unspecified atom stereocenters. The van der Waals surface area contributed by atoms with Crippen LogP contribution < -0.4 is 5.73 Å². The number of hydrogen-bond donors (Lipinski definition) is 1. The van der Waals surface area contributed by atoms with Crippen molar-refractivity contribution in [3.05, 3.63) is 50.2 Å². The molecule has 0 aliphatic heterocycles. The van der Waals surface area contributed by atoms with E-state index >= 15 is 0 Å². The number of anilines is 1. The summed E-state index contributed by atoms with van der Waals surface area (Å²) in [4.78, 5) is 8.18. The van der Waals surface area contributed by atoms with Crippen molar-refractivity contribution in [1.29, 1.82) is 0 Å². The Morgan fingerprint density at radius 1 is 1.41 bits per heavy atom. The molecule has 0 radical (unpaired) electrons. The van der Waals surface area contributed by atoms with Crippen molar-refractivity contribution >= 4 is 40.0 Å². The van der Waals surface area contributed by atoms with Crippen LogP contribution in [0.4, 0.5) is 10.2 Å². The van der Waals surface area contributed by atoms with Gasteiger partial charge in [0.25, 0.3) is 0 Å². The van der Waals surface area contributed by atoms with Crippen LogP contribution in [0.5, 0.6) is 0 Å². The number of halogens is 3. The number of benzene rings is 1. The summed E-state index contributed by atoms with van der Waals surface area (Å²) in [5.41, 5.74) is 6.05. The largest absolute Gasteiger partial charge is 0.383 e. The first kappa shape index (κ1) is 12.5. The van der Waals surface area contributed by atoms with E-state index in [9.17, 15) is 4.39 Å². The molecule has 1 aromatic carbocycles. The Balaban J connectivity index is 2.35. The van der Waals surface area contributed by atoms with Gasteiger partial charge in [-0.05, 0) is 34.7 Å². The highest BCUT2D eigenvalue weighted by Gasteiger charge is 2.10. The van der Waals surface area contributed by atoms with Crippen LogP contribution in [-0.2, 0) is 6.42 Å². The molecule has 0 aliphatic carbocycles. The second kappa shape index (κ2) is 5.14. The molecule has 6 heteroatoms. The van der Waals surface area contributed by atoms with Gasteiger partial charge in [-0.2, -0.15) is 0 Å². The third-order valence-corrected chi connectivity index (χ3v) is 3.40. The SMILES string of the molecule is Nc1nc(Cc2c(F)cccc2Cl)ncc1I. The highest BCUT2D eigenvalue weighted by molar-refractivity contribution is 14.1. The van der Waals surface area contributed by atoms with E-state index in [1.54, 1.807) is 18.3 Å². The summed E-state index contributed by atoms with van der Waals surface area (Å²) < 4.78 is 14.3. The van der Waals surface area contributed by atoms with Gasteiger partial charge in [0.05, 0.1) is 3.57 Å². The number of hydrogen-bond acceptors (Lipinski definition) is 3. The smallest absolute Gasteiger partial charge is 0.140 e. The van der Waals surface area contributed by atoms with Crippen molar-refractivity contribution in [2.75, 3.05) is 5.73 Å². The van der Waals surface area contributed by atoms with E-state index in [1.807, 2.05) is 22.6 Å². The molecule has 0 spiro atoms. The molecular formula is C11H8ClFIN3. The van der Waals surface area contributed by atoms with Gasteiger partial charge in [-0.15, -0.1) is 0 Å². The maximum Gasteiger partial charge on any atom is 0.140 e. The highest BCUT2D eigenvalue weighted by atomic mass is 127.